The number of carbonyl (C=O) groups excluding carboxylic acids is 2. The van der Waals surface area contributed by atoms with E-state index in [1.807, 2.05) is 36.4 Å². The van der Waals surface area contributed by atoms with Crippen molar-refractivity contribution in [3.63, 3.8) is 0 Å². The Bertz CT molecular complexity index is 643. The highest BCUT2D eigenvalue weighted by Gasteiger charge is 2.40. The van der Waals surface area contributed by atoms with Gasteiger partial charge in [-0.05, 0) is 11.1 Å². The first-order chi connectivity index (χ1) is 10.5. The normalized spacial score (nSPS) is 13.3. The Hall–Kier alpha value is -2.66. The molecule has 0 spiro atoms. The van der Waals surface area contributed by atoms with Crippen LogP contribution in [0.25, 0.3) is 0 Å². The van der Waals surface area contributed by atoms with Crippen LogP contribution in [-0.4, -0.2) is 18.4 Å². The van der Waals surface area contributed by atoms with E-state index in [-0.39, 0.29) is 13.0 Å². The van der Waals surface area contributed by atoms with Crippen molar-refractivity contribution in [3.8, 4) is 0 Å². The molecule has 0 radical (unpaired) electrons. The summed E-state index contributed by atoms with van der Waals surface area (Å²) < 4.78 is 5.59. The van der Waals surface area contributed by atoms with E-state index in [0.29, 0.717) is 5.56 Å². The minimum Gasteiger partial charge on any atom is -0.368 e. The zero-order valence-electron chi connectivity index (χ0n) is 12.1. The van der Waals surface area contributed by atoms with Gasteiger partial charge in [0.15, 0.2) is 5.60 Å². The summed E-state index contributed by atoms with van der Waals surface area (Å²) in [6, 6.07) is 18.2. The van der Waals surface area contributed by atoms with E-state index in [4.69, 9.17) is 16.2 Å². The van der Waals surface area contributed by atoms with Gasteiger partial charge in [0.25, 0.3) is 5.91 Å². The summed E-state index contributed by atoms with van der Waals surface area (Å²) in [5, 5.41) is 0. The van der Waals surface area contributed by atoms with Gasteiger partial charge in [-0.1, -0.05) is 60.7 Å². The molecule has 2 rings (SSSR count). The molecule has 4 N–H and O–H groups in total. The van der Waals surface area contributed by atoms with Gasteiger partial charge < -0.3 is 16.2 Å². The van der Waals surface area contributed by atoms with E-state index in [0.717, 1.165) is 5.56 Å². The molecule has 5 nitrogen and oxygen atoms in total. The number of carbonyl (C=O) groups is 2. The van der Waals surface area contributed by atoms with Crippen LogP contribution in [0.4, 0.5) is 0 Å². The molecular formula is C17H18N2O3. The molecule has 2 aromatic carbocycles. The van der Waals surface area contributed by atoms with Crippen LogP contribution in [0.5, 0.6) is 0 Å². The number of hydrogen-bond acceptors (Lipinski definition) is 3. The molecule has 0 unspecified atom stereocenters. The van der Waals surface area contributed by atoms with Crippen LogP contribution in [0.2, 0.25) is 0 Å². The molecule has 0 fully saturated rings. The number of benzene rings is 2. The lowest BCUT2D eigenvalue weighted by atomic mass is 9.86. The lowest BCUT2D eigenvalue weighted by Crippen LogP contribution is -2.47. The summed E-state index contributed by atoms with van der Waals surface area (Å²) in [7, 11) is 0. The van der Waals surface area contributed by atoms with Gasteiger partial charge in [-0.25, -0.2) is 0 Å². The molecule has 5 heteroatoms. The zero-order chi connectivity index (χ0) is 16.0. The average molecular weight is 298 g/mol. The molecule has 0 aliphatic carbocycles. The first-order valence-electron chi connectivity index (χ1n) is 6.86. The summed E-state index contributed by atoms with van der Waals surface area (Å²) >= 11 is 0. The highest BCUT2D eigenvalue weighted by Crippen LogP contribution is 2.30. The number of rotatable bonds is 7. The Morgan fingerprint density at radius 3 is 1.95 bits per heavy atom. The van der Waals surface area contributed by atoms with E-state index >= 15 is 0 Å². The Morgan fingerprint density at radius 2 is 1.45 bits per heavy atom. The maximum atomic E-state index is 12.2. The standard InChI is InChI=1S/C17H18N2O3/c18-15(20)12-22-17(16(19)21,14-9-5-2-6-10-14)11-13-7-3-1-4-8-13/h1-10H,11-12H2,(H2,18,20)(H2,19,21)/t17-/m0/s1. The maximum absolute atomic E-state index is 12.2. The van der Waals surface area contributed by atoms with Gasteiger partial charge in [-0.3, -0.25) is 9.59 Å². The quantitative estimate of drug-likeness (QED) is 0.801. The molecule has 0 aromatic heterocycles. The summed E-state index contributed by atoms with van der Waals surface area (Å²) in [6.45, 7) is -0.384. The van der Waals surface area contributed by atoms with Crippen LogP contribution in [0.1, 0.15) is 11.1 Å². The number of primary amides is 2. The molecule has 0 bridgehead atoms. The van der Waals surface area contributed by atoms with E-state index in [2.05, 4.69) is 0 Å². The largest absolute Gasteiger partial charge is 0.368 e. The third-order valence-corrected chi connectivity index (χ3v) is 3.39. The lowest BCUT2D eigenvalue weighted by molar-refractivity contribution is -0.149. The van der Waals surface area contributed by atoms with Gasteiger partial charge in [0, 0.05) is 6.42 Å². The first kappa shape index (κ1) is 15.7. The monoisotopic (exact) mass is 298 g/mol. The number of amides is 2. The summed E-state index contributed by atoms with van der Waals surface area (Å²) in [5.41, 5.74) is 10.8. The smallest absolute Gasteiger partial charge is 0.254 e. The Balaban J connectivity index is 2.45. The van der Waals surface area contributed by atoms with Gasteiger partial charge in [0.1, 0.15) is 6.61 Å². The second-order valence-electron chi connectivity index (χ2n) is 4.97. The fraction of sp³-hybridized carbons (Fsp3) is 0.176. The predicted molar refractivity (Wildman–Crippen MR) is 82.6 cm³/mol. The van der Waals surface area contributed by atoms with Crippen molar-refractivity contribution in [3.05, 3.63) is 71.8 Å². The Labute approximate surface area is 128 Å². The topological polar surface area (TPSA) is 95.4 Å². The van der Waals surface area contributed by atoms with Crippen LogP contribution in [0.15, 0.2) is 60.7 Å². The van der Waals surface area contributed by atoms with E-state index < -0.39 is 17.4 Å². The summed E-state index contributed by atoms with van der Waals surface area (Å²) in [4.78, 5) is 23.3. The molecule has 0 saturated heterocycles. The SMILES string of the molecule is NC(=O)CO[C@](Cc1ccccc1)(C(N)=O)c1ccccc1. The van der Waals surface area contributed by atoms with Crippen molar-refractivity contribution in [1.29, 1.82) is 0 Å². The van der Waals surface area contributed by atoms with Crippen LogP contribution in [0, 0.1) is 0 Å². The molecule has 0 aliphatic heterocycles. The lowest BCUT2D eigenvalue weighted by Gasteiger charge is -2.31. The predicted octanol–water partition coefficient (Wildman–Crippen LogP) is 1.11. The van der Waals surface area contributed by atoms with Crippen molar-refractivity contribution in [2.24, 2.45) is 11.5 Å². The Kier molecular flexibility index (Phi) is 4.91. The molecule has 0 heterocycles. The molecule has 22 heavy (non-hydrogen) atoms. The molecular weight excluding hydrogens is 280 g/mol. The van der Waals surface area contributed by atoms with Crippen molar-refractivity contribution >= 4 is 11.8 Å². The zero-order valence-corrected chi connectivity index (χ0v) is 12.1. The van der Waals surface area contributed by atoms with Crippen LogP contribution >= 0.6 is 0 Å². The highest BCUT2D eigenvalue weighted by atomic mass is 16.5. The molecule has 2 amide bonds. The molecule has 0 saturated carbocycles. The minimum absolute atomic E-state index is 0.223. The number of hydrogen-bond donors (Lipinski definition) is 2. The van der Waals surface area contributed by atoms with Gasteiger partial charge in [-0.15, -0.1) is 0 Å². The van der Waals surface area contributed by atoms with Gasteiger partial charge >= 0.3 is 0 Å². The second-order valence-corrected chi connectivity index (χ2v) is 4.97. The molecule has 0 aliphatic rings. The van der Waals surface area contributed by atoms with Crippen molar-refractivity contribution in [1.82, 2.24) is 0 Å². The van der Waals surface area contributed by atoms with E-state index in [1.165, 1.54) is 0 Å². The maximum Gasteiger partial charge on any atom is 0.254 e. The van der Waals surface area contributed by atoms with Crippen molar-refractivity contribution < 1.29 is 14.3 Å². The molecule has 2 aromatic rings. The van der Waals surface area contributed by atoms with Crippen molar-refractivity contribution in [2.75, 3.05) is 6.61 Å². The van der Waals surface area contributed by atoms with Gasteiger partial charge in [-0.2, -0.15) is 0 Å². The fourth-order valence-electron chi connectivity index (χ4n) is 2.32. The third kappa shape index (κ3) is 3.51. The van der Waals surface area contributed by atoms with Crippen LogP contribution in [-0.2, 0) is 26.3 Å². The highest BCUT2D eigenvalue weighted by molar-refractivity contribution is 5.86. The molecule has 114 valence electrons. The summed E-state index contributed by atoms with van der Waals surface area (Å²) in [6.07, 6.45) is 0.223. The average Bonchev–Trinajstić information content (AvgIpc) is 2.53. The Morgan fingerprint density at radius 1 is 0.909 bits per heavy atom. The number of nitrogens with two attached hydrogens (primary N) is 2. The third-order valence-electron chi connectivity index (χ3n) is 3.39. The fourth-order valence-corrected chi connectivity index (χ4v) is 2.32. The van der Waals surface area contributed by atoms with Crippen LogP contribution < -0.4 is 11.5 Å². The van der Waals surface area contributed by atoms with E-state index in [1.54, 1.807) is 24.3 Å². The van der Waals surface area contributed by atoms with Gasteiger partial charge in [0.2, 0.25) is 5.91 Å². The molecule has 1 atom stereocenters. The van der Waals surface area contributed by atoms with Crippen molar-refractivity contribution in [2.45, 2.75) is 12.0 Å². The summed E-state index contributed by atoms with van der Waals surface area (Å²) in [5.74, 6) is -1.32. The van der Waals surface area contributed by atoms with Crippen LogP contribution in [0.3, 0.4) is 0 Å². The second kappa shape index (κ2) is 6.87. The van der Waals surface area contributed by atoms with Gasteiger partial charge in [0.05, 0.1) is 0 Å². The number of ether oxygens (including phenoxy) is 1. The van der Waals surface area contributed by atoms with E-state index in [9.17, 15) is 9.59 Å². The first-order valence-corrected chi connectivity index (χ1v) is 6.86. The minimum atomic E-state index is -1.43.